The molecule has 4 atom stereocenters. The van der Waals surface area contributed by atoms with Gasteiger partial charge in [0.25, 0.3) is 0 Å². The summed E-state index contributed by atoms with van der Waals surface area (Å²) < 4.78 is 5.66. The lowest BCUT2D eigenvalue weighted by atomic mass is 9.86. The molecule has 5 aliphatic rings. The Bertz CT molecular complexity index is 1190. The van der Waals surface area contributed by atoms with Gasteiger partial charge in [0.15, 0.2) is 0 Å². The average molecular weight is 642 g/mol. The van der Waals surface area contributed by atoms with Crippen molar-refractivity contribution in [3.63, 3.8) is 0 Å². The van der Waals surface area contributed by atoms with Crippen LogP contribution in [0.5, 0.6) is 0 Å². The maximum Gasteiger partial charge on any atom is 0.245 e. The van der Waals surface area contributed by atoms with Crippen molar-refractivity contribution < 1.29 is 19.1 Å². The van der Waals surface area contributed by atoms with Gasteiger partial charge in [-0.15, -0.1) is 0 Å². The Kier molecular flexibility index (Phi) is 10.4. The van der Waals surface area contributed by atoms with E-state index >= 15 is 0 Å². The molecule has 1 saturated carbocycles. The van der Waals surface area contributed by atoms with Gasteiger partial charge in [-0.3, -0.25) is 19.3 Å². The van der Waals surface area contributed by atoms with Crippen LogP contribution in [0.3, 0.4) is 0 Å². The summed E-state index contributed by atoms with van der Waals surface area (Å²) in [5.74, 6) is 0.582. The van der Waals surface area contributed by atoms with Crippen molar-refractivity contribution >= 4 is 29.3 Å². The number of hydrogen-bond acceptors (Lipinski definition) is 6. The Morgan fingerprint density at radius 1 is 0.844 bits per heavy atom. The molecule has 1 aromatic carbocycles. The molecule has 4 saturated heterocycles. The number of ether oxygens (including phenoxy) is 1. The first-order chi connectivity index (χ1) is 21.7. The van der Waals surface area contributed by atoms with E-state index in [1.807, 2.05) is 21.9 Å². The third kappa shape index (κ3) is 7.21. The lowest BCUT2D eigenvalue weighted by Gasteiger charge is -2.39. The van der Waals surface area contributed by atoms with Crippen LogP contribution in [-0.4, -0.2) is 132 Å². The van der Waals surface area contributed by atoms with Gasteiger partial charge in [0.05, 0.1) is 12.0 Å². The summed E-state index contributed by atoms with van der Waals surface area (Å²) in [5, 5.41) is 0.683. The third-order valence-corrected chi connectivity index (χ3v) is 11.7. The van der Waals surface area contributed by atoms with Gasteiger partial charge in [0, 0.05) is 89.0 Å². The highest BCUT2D eigenvalue weighted by Gasteiger charge is 2.50. The molecule has 0 radical (unpaired) electrons. The smallest absolute Gasteiger partial charge is 0.245 e. The minimum Gasteiger partial charge on any atom is -0.381 e. The standard InChI is InChI=1S/C35H52ClN5O4/c1-24-4-10-29(11-5-24)41(25(2)42)30-20-33(35(44)38-16-14-37(3)15-17-38)40(21-30)34(43)32-23-39(28-12-18-45-19-13-28)22-31(32)26-6-8-27(36)9-7-26/h6-9,24,28-33H,4-5,10-23H2,1-3H3/t24?,29?,30?,31-,32+,33+/m0/s1. The SMILES string of the molecule is CC(=O)N(C1CCC(C)CC1)C1C[C@H](C(=O)N2CCN(C)CC2)N(C(=O)[C@@H]2CN(C3CCOCC3)C[C@H]2c2ccc(Cl)cc2)C1. The molecule has 0 bridgehead atoms. The van der Waals surface area contributed by atoms with Crippen molar-refractivity contribution in [3.05, 3.63) is 34.9 Å². The van der Waals surface area contributed by atoms with Gasteiger partial charge < -0.3 is 24.3 Å². The van der Waals surface area contributed by atoms with Gasteiger partial charge in [-0.25, -0.2) is 0 Å². The summed E-state index contributed by atoms with van der Waals surface area (Å²) in [4.78, 5) is 53.0. The number of carbonyl (C=O) groups is 3. The molecular weight excluding hydrogens is 590 g/mol. The molecule has 5 fully saturated rings. The quantitative estimate of drug-likeness (QED) is 0.472. The predicted molar refractivity (Wildman–Crippen MR) is 175 cm³/mol. The lowest BCUT2D eigenvalue weighted by Crippen LogP contribution is -2.54. The molecular formula is C35H52ClN5O4. The summed E-state index contributed by atoms with van der Waals surface area (Å²) >= 11 is 6.27. The maximum absolute atomic E-state index is 14.9. The van der Waals surface area contributed by atoms with E-state index in [0.717, 1.165) is 76.9 Å². The Hall–Kier alpha value is -2.20. The summed E-state index contributed by atoms with van der Waals surface area (Å²) in [6.45, 7) is 10.4. The molecule has 10 heteroatoms. The van der Waals surface area contributed by atoms with Gasteiger partial charge in [-0.05, 0) is 75.6 Å². The molecule has 0 N–H and O–H groups in total. The van der Waals surface area contributed by atoms with Crippen LogP contribution in [0.2, 0.25) is 5.02 Å². The summed E-state index contributed by atoms with van der Waals surface area (Å²) in [6, 6.07) is 7.82. The zero-order valence-electron chi connectivity index (χ0n) is 27.4. The van der Waals surface area contributed by atoms with Crippen molar-refractivity contribution in [2.24, 2.45) is 11.8 Å². The molecule has 45 heavy (non-hydrogen) atoms. The van der Waals surface area contributed by atoms with Crippen LogP contribution in [0.4, 0.5) is 0 Å². The van der Waals surface area contributed by atoms with E-state index in [1.165, 1.54) is 0 Å². The number of likely N-dealkylation sites (tertiary alicyclic amines) is 2. The molecule has 4 aliphatic heterocycles. The number of hydrogen-bond donors (Lipinski definition) is 0. The second-order valence-electron chi connectivity index (χ2n) is 14.4. The van der Waals surface area contributed by atoms with Gasteiger partial charge in [0.1, 0.15) is 6.04 Å². The Morgan fingerprint density at radius 2 is 1.51 bits per heavy atom. The molecule has 6 rings (SSSR count). The van der Waals surface area contributed by atoms with Gasteiger partial charge in [0.2, 0.25) is 17.7 Å². The maximum atomic E-state index is 14.9. The van der Waals surface area contributed by atoms with Crippen molar-refractivity contribution in [1.82, 2.24) is 24.5 Å². The van der Waals surface area contributed by atoms with Crippen molar-refractivity contribution in [3.8, 4) is 0 Å². The normalized spacial score (nSPS) is 32.2. The molecule has 0 aromatic heterocycles. The minimum absolute atomic E-state index is 0.0137. The van der Waals surface area contributed by atoms with Crippen LogP contribution >= 0.6 is 11.6 Å². The fraction of sp³-hybridized carbons (Fsp3) is 0.743. The molecule has 0 spiro atoms. The van der Waals surface area contributed by atoms with Crippen LogP contribution in [0.25, 0.3) is 0 Å². The van der Waals surface area contributed by atoms with E-state index in [1.54, 1.807) is 6.92 Å². The van der Waals surface area contributed by atoms with Crippen LogP contribution in [0.1, 0.15) is 70.3 Å². The number of halogens is 1. The first-order valence-electron chi connectivity index (χ1n) is 17.3. The highest BCUT2D eigenvalue weighted by molar-refractivity contribution is 6.30. The number of likely N-dealkylation sites (N-methyl/N-ethyl adjacent to an activating group) is 1. The third-order valence-electron chi connectivity index (χ3n) is 11.5. The van der Waals surface area contributed by atoms with E-state index in [9.17, 15) is 14.4 Å². The molecule has 1 aromatic rings. The Morgan fingerprint density at radius 3 is 2.16 bits per heavy atom. The molecule has 9 nitrogen and oxygen atoms in total. The lowest BCUT2D eigenvalue weighted by molar-refractivity contribution is -0.147. The van der Waals surface area contributed by atoms with Crippen LogP contribution in [-0.2, 0) is 19.1 Å². The average Bonchev–Trinajstić information content (AvgIpc) is 3.68. The highest BCUT2D eigenvalue weighted by atomic mass is 35.5. The first kappa shape index (κ1) is 32.7. The second kappa shape index (κ2) is 14.3. The number of benzene rings is 1. The van der Waals surface area contributed by atoms with E-state index in [2.05, 4.69) is 40.8 Å². The van der Waals surface area contributed by atoms with Crippen molar-refractivity contribution in [1.29, 1.82) is 0 Å². The zero-order valence-corrected chi connectivity index (χ0v) is 28.2. The molecule has 3 amide bonds. The number of amides is 3. The van der Waals surface area contributed by atoms with E-state index in [-0.39, 0.29) is 41.6 Å². The molecule has 4 heterocycles. The largest absolute Gasteiger partial charge is 0.381 e. The van der Waals surface area contributed by atoms with Gasteiger partial charge in [-0.2, -0.15) is 0 Å². The van der Waals surface area contributed by atoms with Gasteiger partial charge in [-0.1, -0.05) is 30.7 Å². The summed E-state index contributed by atoms with van der Waals surface area (Å²) in [6.07, 6.45) is 6.66. The second-order valence-corrected chi connectivity index (χ2v) is 14.9. The number of nitrogens with zero attached hydrogens (tertiary/aromatic N) is 5. The number of rotatable bonds is 6. The molecule has 1 aliphatic carbocycles. The Balaban J connectivity index is 1.29. The number of carbonyl (C=O) groups excluding carboxylic acids is 3. The van der Waals surface area contributed by atoms with E-state index in [0.29, 0.717) is 49.6 Å². The van der Waals surface area contributed by atoms with Crippen LogP contribution in [0, 0.1) is 11.8 Å². The van der Waals surface area contributed by atoms with Crippen LogP contribution < -0.4 is 0 Å². The highest BCUT2D eigenvalue weighted by Crippen LogP contribution is 2.40. The Labute approximate surface area is 274 Å². The summed E-state index contributed by atoms with van der Waals surface area (Å²) in [7, 11) is 2.08. The molecule has 248 valence electrons. The number of piperazine rings is 1. The topological polar surface area (TPSA) is 76.6 Å². The predicted octanol–water partition coefficient (Wildman–Crippen LogP) is 3.71. The van der Waals surface area contributed by atoms with Gasteiger partial charge >= 0.3 is 0 Å². The fourth-order valence-electron chi connectivity index (χ4n) is 8.76. The van der Waals surface area contributed by atoms with Crippen LogP contribution in [0.15, 0.2) is 24.3 Å². The van der Waals surface area contributed by atoms with Crippen molar-refractivity contribution in [2.75, 3.05) is 66.1 Å². The van der Waals surface area contributed by atoms with E-state index in [4.69, 9.17) is 16.3 Å². The monoisotopic (exact) mass is 641 g/mol. The summed E-state index contributed by atoms with van der Waals surface area (Å²) in [5.41, 5.74) is 1.12. The fourth-order valence-corrected chi connectivity index (χ4v) is 8.88. The minimum atomic E-state index is -0.543. The first-order valence-corrected chi connectivity index (χ1v) is 17.7. The van der Waals surface area contributed by atoms with E-state index < -0.39 is 6.04 Å². The molecule has 1 unspecified atom stereocenters. The van der Waals surface area contributed by atoms with Crippen molar-refractivity contribution in [2.45, 2.75) is 88.9 Å². The zero-order chi connectivity index (χ0) is 31.7.